The van der Waals surface area contributed by atoms with Crippen molar-refractivity contribution in [2.24, 2.45) is 0 Å². The van der Waals surface area contributed by atoms with Crippen molar-refractivity contribution in [3.05, 3.63) is 0 Å². The van der Waals surface area contributed by atoms with Gasteiger partial charge in [0.25, 0.3) is 0 Å². The molecule has 0 aliphatic carbocycles. The van der Waals surface area contributed by atoms with E-state index in [1.54, 1.807) is 0 Å². The highest BCUT2D eigenvalue weighted by molar-refractivity contribution is 7.39. The minimum absolute atomic E-state index is 0.346. The van der Waals surface area contributed by atoms with Gasteiger partial charge in [0.1, 0.15) is 0 Å². The molecule has 0 aromatic carbocycles. The van der Waals surface area contributed by atoms with E-state index in [9.17, 15) is 0 Å². The van der Waals surface area contributed by atoms with Crippen molar-refractivity contribution in [1.82, 2.24) is 0 Å². The summed E-state index contributed by atoms with van der Waals surface area (Å²) in [7, 11) is -2.22. The minimum atomic E-state index is -2.22. The second-order valence-electron chi connectivity index (χ2n) is 4.00. The van der Waals surface area contributed by atoms with Crippen LogP contribution in [0.25, 0.3) is 0 Å². The quantitative estimate of drug-likeness (QED) is 0.619. The number of hydrogen-bond donors (Lipinski definition) is 2. The van der Waals surface area contributed by atoms with Crippen molar-refractivity contribution in [2.75, 3.05) is 0 Å². The fraction of sp³-hybridized carbons (Fsp3) is 1.00. The maximum atomic E-state index is 8.88. The third kappa shape index (κ3) is 6.72. The summed E-state index contributed by atoms with van der Waals surface area (Å²) in [4.78, 5) is 17.8. The molecule has 0 fully saturated rings. The zero-order valence-corrected chi connectivity index (χ0v) is 10.4. The summed E-state index contributed by atoms with van der Waals surface area (Å²) < 4.78 is 5.22. The molecule has 0 aromatic rings. The summed E-state index contributed by atoms with van der Waals surface area (Å²) in [6, 6.07) is 0. The average molecular weight is 222 g/mol. The molecule has 14 heavy (non-hydrogen) atoms. The van der Waals surface area contributed by atoms with E-state index >= 15 is 0 Å². The lowest BCUT2D eigenvalue weighted by atomic mass is 9.93. The molecule has 0 aliphatic heterocycles. The number of unbranched alkanes of at least 4 members (excludes halogenated alkanes) is 2. The standard InChI is InChI=1S/C10H23O3P/c1-4-6-8-10(3,9-7-5-2)13-14(11)12/h11-12H,4-9H2,1-3H3. The van der Waals surface area contributed by atoms with Gasteiger partial charge in [-0.2, -0.15) is 0 Å². The van der Waals surface area contributed by atoms with Crippen LogP contribution in [-0.2, 0) is 4.52 Å². The van der Waals surface area contributed by atoms with Gasteiger partial charge in [-0.15, -0.1) is 0 Å². The van der Waals surface area contributed by atoms with Gasteiger partial charge >= 0.3 is 8.60 Å². The monoisotopic (exact) mass is 222 g/mol. The van der Waals surface area contributed by atoms with E-state index < -0.39 is 8.60 Å². The smallest absolute Gasteiger partial charge is 0.327 e. The Morgan fingerprint density at radius 3 is 1.79 bits per heavy atom. The first-order valence-corrected chi connectivity index (χ1v) is 6.57. The zero-order chi connectivity index (χ0) is 11.0. The van der Waals surface area contributed by atoms with Crippen LogP contribution < -0.4 is 0 Å². The second kappa shape index (κ2) is 7.58. The van der Waals surface area contributed by atoms with Crippen LogP contribution in [0.3, 0.4) is 0 Å². The largest absolute Gasteiger partial charge is 0.328 e. The second-order valence-corrected chi connectivity index (χ2v) is 4.69. The van der Waals surface area contributed by atoms with Crippen LogP contribution in [0.4, 0.5) is 0 Å². The zero-order valence-electron chi connectivity index (χ0n) is 9.49. The Morgan fingerprint density at radius 2 is 1.50 bits per heavy atom. The number of hydrogen-bond acceptors (Lipinski definition) is 3. The highest BCUT2D eigenvalue weighted by Gasteiger charge is 2.27. The fourth-order valence-electron chi connectivity index (χ4n) is 1.51. The molecule has 2 N–H and O–H groups in total. The van der Waals surface area contributed by atoms with Crippen LogP contribution >= 0.6 is 8.60 Å². The molecule has 86 valence electrons. The molecule has 0 amide bonds. The lowest BCUT2D eigenvalue weighted by Gasteiger charge is -2.29. The van der Waals surface area contributed by atoms with Crippen molar-refractivity contribution in [1.29, 1.82) is 0 Å². The van der Waals surface area contributed by atoms with Gasteiger partial charge in [-0.3, -0.25) is 0 Å². The molecule has 0 spiro atoms. The van der Waals surface area contributed by atoms with Gasteiger partial charge in [0, 0.05) is 0 Å². The van der Waals surface area contributed by atoms with E-state index in [-0.39, 0.29) is 5.60 Å². The van der Waals surface area contributed by atoms with Crippen molar-refractivity contribution in [3.63, 3.8) is 0 Å². The van der Waals surface area contributed by atoms with Gasteiger partial charge in [-0.1, -0.05) is 39.5 Å². The van der Waals surface area contributed by atoms with Gasteiger partial charge in [0.2, 0.25) is 0 Å². The topological polar surface area (TPSA) is 49.7 Å². The Balaban J connectivity index is 4.03. The van der Waals surface area contributed by atoms with Gasteiger partial charge in [0.05, 0.1) is 5.60 Å². The molecule has 3 nitrogen and oxygen atoms in total. The summed E-state index contributed by atoms with van der Waals surface area (Å²) in [5.74, 6) is 0. The SMILES string of the molecule is CCCCC(C)(CCCC)OP(O)O. The summed E-state index contributed by atoms with van der Waals surface area (Å²) in [6.07, 6.45) is 6.18. The van der Waals surface area contributed by atoms with E-state index in [0.717, 1.165) is 38.5 Å². The lowest BCUT2D eigenvalue weighted by molar-refractivity contribution is 0.0509. The van der Waals surface area contributed by atoms with Gasteiger partial charge in [0.15, 0.2) is 0 Å². The first-order valence-electron chi connectivity index (χ1n) is 5.41. The Bertz CT molecular complexity index is 131. The molecule has 0 atom stereocenters. The molecule has 0 saturated carbocycles. The van der Waals surface area contributed by atoms with Crippen molar-refractivity contribution in [3.8, 4) is 0 Å². The van der Waals surface area contributed by atoms with Crippen molar-refractivity contribution in [2.45, 2.75) is 64.9 Å². The highest BCUT2D eigenvalue weighted by Crippen LogP contribution is 2.38. The summed E-state index contributed by atoms with van der Waals surface area (Å²) in [5.41, 5.74) is -0.346. The summed E-state index contributed by atoms with van der Waals surface area (Å²) >= 11 is 0. The minimum Gasteiger partial charge on any atom is -0.328 e. The maximum Gasteiger partial charge on any atom is 0.327 e. The molecule has 0 heterocycles. The molecule has 0 saturated heterocycles. The molecule has 0 unspecified atom stereocenters. The van der Waals surface area contributed by atoms with E-state index in [2.05, 4.69) is 13.8 Å². The molecule has 0 rings (SSSR count). The van der Waals surface area contributed by atoms with E-state index in [0.29, 0.717) is 0 Å². The van der Waals surface area contributed by atoms with Crippen LogP contribution in [0, 0.1) is 0 Å². The van der Waals surface area contributed by atoms with Crippen molar-refractivity contribution >= 4 is 8.60 Å². The van der Waals surface area contributed by atoms with Crippen LogP contribution in [0.1, 0.15) is 59.3 Å². The Morgan fingerprint density at radius 1 is 1.07 bits per heavy atom. The van der Waals surface area contributed by atoms with E-state index in [1.165, 1.54) is 0 Å². The Kier molecular flexibility index (Phi) is 7.75. The lowest BCUT2D eigenvalue weighted by Crippen LogP contribution is -2.26. The molecule has 4 heteroatoms. The fourth-order valence-corrected chi connectivity index (χ4v) is 2.09. The third-order valence-corrected chi connectivity index (χ3v) is 3.02. The Hall–Kier alpha value is 0.310. The maximum absolute atomic E-state index is 8.88. The van der Waals surface area contributed by atoms with Gasteiger partial charge in [-0.25, -0.2) is 0 Å². The first kappa shape index (κ1) is 14.3. The highest BCUT2D eigenvalue weighted by atomic mass is 31.2. The molecular formula is C10H23O3P. The van der Waals surface area contributed by atoms with Crippen molar-refractivity contribution < 1.29 is 14.3 Å². The molecule has 0 radical (unpaired) electrons. The summed E-state index contributed by atoms with van der Waals surface area (Å²) in [6.45, 7) is 6.22. The predicted molar refractivity (Wildman–Crippen MR) is 59.9 cm³/mol. The number of rotatable bonds is 8. The van der Waals surface area contributed by atoms with Crippen LogP contribution in [0.5, 0.6) is 0 Å². The normalized spacial score (nSPS) is 12.4. The summed E-state index contributed by atoms with van der Waals surface area (Å²) in [5, 5.41) is 0. The average Bonchev–Trinajstić information content (AvgIpc) is 2.11. The molecule has 0 aliphatic rings. The van der Waals surface area contributed by atoms with Crippen LogP contribution in [0.2, 0.25) is 0 Å². The van der Waals surface area contributed by atoms with Crippen LogP contribution in [-0.4, -0.2) is 15.4 Å². The molecule has 0 aromatic heterocycles. The van der Waals surface area contributed by atoms with Crippen LogP contribution in [0.15, 0.2) is 0 Å². The van der Waals surface area contributed by atoms with E-state index in [4.69, 9.17) is 14.3 Å². The third-order valence-electron chi connectivity index (χ3n) is 2.42. The Labute approximate surface area is 88.5 Å². The molecule has 0 bridgehead atoms. The predicted octanol–water partition coefficient (Wildman–Crippen LogP) is 3.35. The van der Waals surface area contributed by atoms with Gasteiger partial charge < -0.3 is 14.3 Å². The first-order chi connectivity index (χ1) is 6.54. The van der Waals surface area contributed by atoms with Gasteiger partial charge in [-0.05, 0) is 19.8 Å². The van der Waals surface area contributed by atoms with E-state index in [1.807, 2.05) is 6.92 Å². The molecular weight excluding hydrogens is 199 g/mol.